The number of hydrogen-bond donors (Lipinski definition) is 5. The van der Waals surface area contributed by atoms with Gasteiger partial charge in [-0.3, -0.25) is 4.98 Å². The van der Waals surface area contributed by atoms with Crippen molar-refractivity contribution >= 4 is 0 Å². The molecule has 5 N–H and O–H groups in total. The van der Waals surface area contributed by atoms with Gasteiger partial charge in [0.15, 0.2) is 0 Å². The molecule has 4 aliphatic heterocycles. The molecule has 0 radical (unpaired) electrons. The molecule has 170 valence electrons. The third-order valence-corrected chi connectivity index (χ3v) is 4.64. The Balaban J connectivity index is 0.000000181. The van der Waals surface area contributed by atoms with Gasteiger partial charge in [0.1, 0.15) is 0 Å². The van der Waals surface area contributed by atoms with E-state index in [9.17, 15) is 0 Å². The average molecular weight is 417 g/mol. The van der Waals surface area contributed by atoms with Gasteiger partial charge in [0.05, 0.1) is 0 Å². The van der Waals surface area contributed by atoms with Gasteiger partial charge in [-0.15, -0.1) is 0 Å². The van der Waals surface area contributed by atoms with Gasteiger partial charge in [-0.2, -0.15) is 0 Å². The normalized spacial score (nSPS) is 18.1. The predicted octanol–water partition coefficient (Wildman–Crippen LogP) is 3.19. The highest BCUT2D eigenvalue weighted by molar-refractivity contribution is 4.88. The molecule has 0 aromatic carbocycles. The maximum atomic E-state index is 3.78. The third kappa shape index (κ3) is 21.0. The van der Waals surface area contributed by atoms with Crippen LogP contribution in [0.15, 0.2) is 55.1 Å². The van der Waals surface area contributed by atoms with Crippen molar-refractivity contribution in [2.75, 3.05) is 52.4 Å². The van der Waals surface area contributed by atoms with Crippen LogP contribution in [0, 0.1) is 0 Å². The van der Waals surface area contributed by atoms with E-state index in [0.717, 1.165) is 0 Å². The molecule has 6 heteroatoms. The highest BCUT2D eigenvalue weighted by Crippen LogP contribution is 1.96. The fourth-order valence-corrected chi connectivity index (χ4v) is 2.37. The fourth-order valence-electron chi connectivity index (χ4n) is 2.37. The molecule has 0 unspecified atom stereocenters. The van der Waals surface area contributed by atoms with Crippen molar-refractivity contribution in [1.82, 2.24) is 31.2 Å². The van der Waals surface area contributed by atoms with Gasteiger partial charge in [0.25, 0.3) is 0 Å². The van der Waals surface area contributed by atoms with Crippen LogP contribution in [0.3, 0.4) is 0 Å². The number of pyridine rings is 1. The standard InChI is InChI=1S/C5H11N.C5H5N.C4H9N.C4H5N.2C3H7N/c2*1-2-4-6-5-3-1;2*1-2-4-5-3-1;2*1-2-4-3-1/h6H,1-5H2;1-5H;5H,1-4H2;1-5H;2*4H,1-3H2. The minimum absolute atomic E-state index is 1.25. The van der Waals surface area contributed by atoms with E-state index in [1.807, 2.05) is 42.7 Å². The Morgan fingerprint density at radius 3 is 0.900 bits per heavy atom. The summed E-state index contributed by atoms with van der Waals surface area (Å²) in [6.45, 7) is 10.0. The average Bonchev–Trinajstić information content (AvgIpc) is 3.48. The summed E-state index contributed by atoms with van der Waals surface area (Å²) >= 11 is 0. The number of rotatable bonds is 0. The Bertz CT molecular complexity index is 411. The lowest BCUT2D eigenvalue weighted by molar-refractivity contribution is 0.520. The van der Waals surface area contributed by atoms with Crippen LogP contribution in [0.2, 0.25) is 0 Å². The Morgan fingerprint density at radius 1 is 0.400 bits per heavy atom. The second-order valence-corrected chi connectivity index (χ2v) is 7.38. The summed E-state index contributed by atoms with van der Waals surface area (Å²) in [5.74, 6) is 0. The molecule has 4 fully saturated rings. The fraction of sp³-hybridized carbons (Fsp3) is 0.625. The Hall–Kier alpha value is -1.73. The van der Waals surface area contributed by atoms with Gasteiger partial charge >= 0.3 is 0 Å². The highest BCUT2D eigenvalue weighted by atomic mass is 14.9. The molecule has 6 heterocycles. The van der Waals surface area contributed by atoms with E-state index in [4.69, 9.17) is 0 Å². The van der Waals surface area contributed by atoms with Crippen molar-refractivity contribution in [2.45, 2.75) is 44.9 Å². The molecular formula is C24H44N6. The molecule has 4 saturated heterocycles. The number of nitrogens with zero attached hydrogens (tertiary/aromatic N) is 1. The van der Waals surface area contributed by atoms with Gasteiger partial charge in [-0.25, -0.2) is 0 Å². The zero-order valence-corrected chi connectivity index (χ0v) is 18.7. The van der Waals surface area contributed by atoms with Gasteiger partial charge in [-0.05, 0) is 115 Å². The summed E-state index contributed by atoms with van der Waals surface area (Å²) in [6, 6.07) is 9.60. The molecule has 0 saturated carbocycles. The van der Waals surface area contributed by atoms with Gasteiger partial charge < -0.3 is 26.3 Å². The third-order valence-electron chi connectivity index (χ3n) is 4.64. The SMILES string of the molecule is C1CCNC1.C1CCNCC1.C1CNC1.C1CNC1.c1cc[nH]c1.c1ccncc1. The summed E-state index contributed by atoms with van der Waals surface area (Å²) in [6.07, 6.45) is 17.0. The summed E-state index contributed by atoms with van der Waals surface area (Å²) in [5.41, 5.74) is 0. The van der Waals surface area contributed by atoms with E-state index in [1.165, 1.54) is 97.3 Å². The maximum absolute atomic E-state index is 3.78. The van der Waals surface area contributed by atoms with Crippen molar-refractivity contribution in [3.63, 3.8) is 0 Å². The number of aromatic amines is 1. The molecule has 0 atom stereocenters. The summed E-state index contributed by atoms with van der Waals surface area (Å²) in [5, 5.41) is 12.7. The molecule has 0 amide bonds. The van der Waals surface area contributed by atoms with Crippen LogP contribution in [0.5, 0.6) is 0 Å². The molecule has 0 aliphatic carbocycles. The molecule has 0 spiro atoms. The topological polar surface area (TPSA) is 76.8 Å². The Morgan fingerprint density at radius 2 is 0.767 bits per heavy atom. The Labute approximate surface area is 184 Å². The molecule has 2 aromatic rings. The van der Waals surface area contributed by atoms with Crippen LogP contribution in [0.25, 0.3) is 0 Å². The van der Waals surface area contributed by atoms with Crippen LogP contribution in [-0.2, 0) is 0 Å². The zero-order chi connectivity index (χ0) is 21.2. The van der Waals surface area contributed by atoms with E-state index < -0.39 is 0 Å². The highest BCUT2D eigenvalue weighted by Gasteiger charge is 1.94. The first-order chi connectivity index (χ1) is 15.0. The second-order valence-electron chi connectivity index (χ2n) is 7.38. The van der Waals surface area contributed by atoms with Crippen LogP contribution in [0.1, 0.15) is 44.9 Å². The summed E-state index contributed by atoms with van der Waals surface area (Å²) < 4.78 is 0. The number of H-pyrrole nitrogens is 1. The lowest BCUT2D eigenvalue weighted by Crippen LogP contribution is -2.29. The summed E-state index contributed by atoms with van der Waals surface area (Å²) in [7, 11) is 0. The largest absolute Gasteiger partial charge is 0.368 e. The molecular weight excluding hydrogens is 372 g/mol. The van der Waals surface area contributed by atoms with Crippen molar-refractivity contribution in [2.24, 2.45) is 0 Å². The second kappa shape index (κ2) is 23.5. The van der Waals surface area contributed by atoms with E-state index in [0.29, 0.717) is 0 Å². The number of nitrogens with one attached hydrogen (secondary N) is 5. The number of hydrogen-bond acceptors (Lipinski definition) is 5. The Kier molecular flexibility index (Phi) is 20.6. The van der Waals surface area contributed by atoms with Crippen LogP contribution in [0.4, 0.5) is 0 Å². The predicted molar refractivity (Wildman–Crippen MR) is 129 cm³/mol. The first kappa shape index (κ1) is 26.3. The monoisotopic (exact) mass is 416 g/mol. The maximum Gasteiger partial charge on any atom is 0.0267 e. The molecule has 6 nitrogen and oxygen atoms in total. The smallest absolute Gasteiger partial charge is 0.0267 e. The lowest BCUT2D eigenvalue weighted by Gasteiger charge is -2.09. The molecule has 4 aliphatic rings. The zero-order valence-electron chi connectivity index (χ0n) is 18.7. The van der Waals surface area contributed by atoms with E-state index in [-0.39, 0.29) is 0 Å². The minimum atomic E-state index is 1.25. The van der Waals surface area contributed by atoms with Crippen LogP contribution >= 0.6 is 0 Å². The number of aromatic nitrogens is 2. The van der Waals surface area contributed by atoms with Gasteiger partial charge in [0, 0.05) is 24.8 Å². The van der Waals surface area contributed by atoms with E-state index >= 15 is 0 Å². The van der Waals surface area contributed by atoms with Crippen molar-refractivity contribution in [3.05, 3.63) is 55.1 Å². The van der Waals surface area contributed by atoms with E-state index in [1.54, 1.807) is 12.4 Å². The molecule has 30 heavy (non-hydrogen) atoms. The first-order valence-corrected chi connectivity index (χ1v) is 11.8. The quantitative estimate of drug-likeness (QED) is 0.456. The van der Waals surface area contributed by atoms with Crippen molar-refractivity contribution in [3.8, 4) is 0 Å². The lowest BCUT2D eigenvalue weighted by atomic mass is 10.2. The van der Waals surface area contributed by atoms with Gasteiger partial charge in [-0.1, -0.05) is 12.5 Å². The minimum Gasteiger partial charge on any atom is -0.368 e. The molecule has 0 bridgehead atoms. The number of piperidine rings is 1. The van der Waals surface area contributed by atoms with Gasteiger partial charge in [0.2, 0.25) is 0 Å². The van der Waals surface area contributed by atoms with E-state index in [2.05, 4.69) is 31.2 Å². The van der Waals surface area contributed by atoms with Crippen LogP contribution in [-0.4, -0.2) is 62.3 Å². The van der Waals surface area contributed by atoms with Crippen molar-refractivity contribution in [1.29, 1.82) is 0 Å². The summed E-state index contributed by atoms with van der Waals surface area (Å²) in [4.78, 5) is 6.65. The van der Waals surface area contributed by atoms with Crippen LogP contribution < -0.4 is 21.3 Å². The van der Waals surface area contributed by atoms with Crippen molar-refractivity contribution < 1.29 is 0 Å². The molecule has 2 aromatic heterocycles. The molecule has 6 rings (SSSR count). The first-order valence-electron chi connectivity index (χ1n) is 11.8.